The lowest BCUT2D eigenvalue weighted by molar-refractivity contribution is 0.608. The van der Waals surface area contributed by atoms with Crippen molar-refractivity contribution in [3.05, 3.63) is 70.0 Å². The van der Waals surface area contributed by atoms with Gasteiger partial charge in [-0.15, -0.1) is 11.6 Å². The molecule has 0 saturated heterocycles. The maximum Gasteiger partial charge on any atom is 0.129 e. The maximum atomic E-state index is 13.6. The minimum absolute atomic E-state index is 0.126. The van der Waals surface area contributed by atoms with Crippen molar-refractivity contribution in [2.24, 2.45) is 0 Å². The average molecular weight is 277 g/mol. The van der Waals surface area contributed by atoms with Crippen LogP contribution >= 0.6 is 11.6 Å². The topological polar surface area (TPSA) is 0 Å². The Kier molecular flexibility index (Phi) is 4.26. The molecule has 100 valence electrons. The summed E-state index contributed by atoms with van der Waals surface area (Å²) in [5, 5.41) is -0.126. The van der Waals surface area contributed by atoms with Crippen LogP contribution in [0.15, 0.2) is 36.4 Å². The molecule has 0 nitrogen and oxygen atoms in total. The zero-order chi connectivity index (χ0) is 14.0. The standard InChI is InChI=1S/C17H18ClF/c1-11-6-4-5-7-14(11)10-16(18)15-8-12(2)17(19)13(3)9-15/h4-9,16H,10H2,1-3H3. The number of hydrogen-bond donors (Lipinski definition) is 0. The smallest absolute Gasteiger partial charge is 0.129 e. The van der Waals surface area contributed by atoms with Crippen molar-refractivity contribution in [1.29, 1.82) is 0 Å². The second-order valence-electron chi connectivity index (χ2n) is 5.07. The van der Waals surface area contributed by atoms with Gasteiger partial charge in [0.05, 0.1) is 5.38 Å². The summed E-state index contributed by atoms with van der Waals surface area (Å²) in [6, 6.07) is 11.9. The van der Waals surface area contributed by atoms with E-state index < -0.39 is 0 Å². The predicted molar refractivity (Wildman–Crippen MR) is 79.4 cm³/mol. The highest BCUT2D eigenvalue weighted by Gasteiger charge is 2.13. The third-order valence-corrected chi connectivity index (χ3v) is 3.89. The third-order valence-electron chi connectivity index (χ3n) is 3.48. The van der Waals surface area contributed by atoms with Gasteiger partial charge in [0.15, 0.2) is 0 Å². The van der Waals surface area contributed by atoms with Crippen LogP contribution in [0.1, 0.15) is 33.2 Å². The molecule has 0 aliphatic rings. The van der Waals surface area contributed by atoms with Gasteiger partial charge in [0.2, 0.25) is 0 Å². The van der Waals surface area contributed by atoms with Crippen LogP contribution in [0.3, 0.4) is 0 Å². The molecule has 0 saturated carbocycles. The molecule has 0 aromatic heterocycles. The van der Waals surface area contributed by atoms with E-state index >= 15 is 0 Å². The highest BCUT2D eigenvalue weighted by atomic mass is 35.5. The lowest BCUT2D eigenvalue weighted by Crippen LogP contribution is -2.00. The third kappa shape index (κ3) is 3.16. The summed E-state index contributed by atoms with van der Waals surface area (Å²) in [7, 11) is 0. The summed E-state index contributed by atoms with van der Waals surface area (Å²) < 4.78 is 13.6. The number of benzene rings is 2. The van der Waals surface area contributed by atoms with E-state index in [1.165, 1.54) is 11.1 Å². The molecule has 0 bridgehead atoms. The highest BCUT2D eigenvalue weighted by Crippen LogP contribution is 2.28. The van der Waals surface area contributed by atoms with Crippen LogP contribution in [-0.2, 0) is 6.42 Å². The number of alkyl halides is 1. The van der Waals surface area contributed by atoms with Crippen molar-refractivity contribution in [3.63, 3.8) is 0 Å². The first-order valence-electron chi connectivity index (χ1n) is 6.44. The van der Waals surface area contributed by atoms with Gasteiger partial charge in [0, 0.05) is 0 Å². The van der Waals surface area contributed by atoms with Crippen LogP contribution < -0.4 is 0 Å². The summed E-state index contributed by atoms with van der Waals surface area (Å²) >= 11 is 6.49. The van der Waals surface area contributed by atoms with Crippen molar-refractivity contribution >= 4 is 11.6 Å². The molecular weight excluding hydrogens is 259 g/mol. The summed E-state index contributed by atoms with van der Waals surface area (Å²) in [5.41, 5.74) is 4.78. The van der Waals surface area contributed by atoms with Crippen LogP contribution in [0, 0.1) is 26.6 Å². The molecule has 19 heavy (non-hydrogen) atoms. The van der Waals surface area contributed by atoms with Crippen molar-refractivity contribution in [2.75, 3.05) is 0 Å². The molecule has 1 unspecified atom stereocenters. The predicted octanol–water partition coefficient (Wildman–Crippen LogP) is 5.27. The second kappa shape index (κ2) is 5.75. The van der Waals surface area contributed by atoms with E-state index in [-0.39, 0.29) is 11.2 Å². The largest absolute Gasteiger partial charge is 0.206 e. The summed E-state index contributed by atoms with van der Waals surface area (Å²) in [5.74, 6) is -0.136. The lowest BCUT2D eigenvalue weighted by atomic mass is 9.97. The Hall–Kier alpha value is -1.34. The van der Waals surface area contributed by atoms with Gasteiger partial charge in [0.25, 0.3) is 0 Å². The van der Waals surface area contributed by atoms with E-state index in [4.69, 9.17) is 11.6 Å². The van der Waals surface area contributed by atoms with E-state index in [2.05, 4.69) is 19.1 Å². The quantitative estimate of drug-likeness (QED) is 0.670. The van der Waals surface area contributed by atoms with Crippen molar-refractivity contribution in [2.45, 2.75) is 32.6 Å². The minimum Gasteiger partial charge on any atom is -0.206 e. The second-order valence-corrected chi connectivity index (χ2v) is 5.59. The fourth-order valence-corrected chi connectivity index (χ4v) is 2.60. The molecule has 0 N–H and O–H groups in total. The first-order chi connectivity index (χ1) is 8.99. The molecule has 0 aliphatic heterocycles. The van der Waals surface area contributed by atoms with Crippen LogP contribution in [-0.4, -0.2) is 0 Å². The van der Waals surface area contributed by atoms with Gasteiger partial charge < -0.3 is 0 Å². The highest BCUT2D eigenvalue weighted by molar-refractivity contribution is 6.21. The fraction of sp³-hybridized carbons (Fsp3) is 0.294. The molecular formula is C17H18ClF. The van der Waals surface area contributed by atoms with Crippen LogP contribution in [0.5, 0.6) is 0 Å². The van der Waals surface area contributed by atoms with E-state index in [1.807, 2.05) is 24.3 Å². The molecule has 2 aromatic rings. The van der Waals surface area contributed by atoms with Gasteiger partial charge in [-0.2, -0.15) is 0 Å². The number of hydrogen-bond acceptors (Lipinski definition) is 0. The summed E-state index contributed by atoms with van der Waals surface area (Å²) in [4.78, 5) is 0. The van der Waals surface area contributed by atoms with Gasteiger partial charge in [-0.3, -0.25) is 0 Å². The van der Waals surface area contributed by atoms with Crippen LogP contribution in [0.4, 0.5) is 4.39 Å². The van der Waals surface area contributed by atoms with Crippen LogP contribution in [0.2, 0.25) is 0 Å². The molecule has 0 fully saturated rings. The minimum atomic E-state index is -0.136. The Morgan fingerprint density at radius 3 is 2.16 bits per heavy atom. The van der Waals surface area contributed by atoms with Crippen molar-refractivity contribution in [3.8, 4) is 0 Å². The Balaban J connectivity index is 2.26. The average Bonchev–Trinajstić information content (AvgIpc) is 2.38. The van der Waals surface area contributed by atoms with Gasteiger partial charge in [0.1, 0.15) is 5.82 Å². The molecule has 2 aromatic carbocycles. The van der Waals surface area contributed by atoms with E-state index in [0.29, 0.717) is 11.1 Å². The molecule has 1 atom stereocenters. The Morgan fingerprint density at radius 1 is 1.00 bits per heavy atom. The molecule has 0 spiro atoms. The van der Waals surface area contributed by atoms with Crippen molar-refractivity contribution in [1.82, 2.24) is 0 Å². The lowest BCUT2D eigenvalue weighted by Gasteiger charge is -2.14. The maximum absolute atomic E-state index is 13.6. The molecule has 2 heteroatoms. The normalized spacial score (nSPS) is 12.5. The van der Waals surface area contributed by atoms with Gasteiger partial charge >= 0.3 is 0 Å². The Labute approximate surface area is 119 Å². The fourth-order valence-electron chi connectivity index (χ4n) is 2.31. The number of halogens is 2. The molecule has 0 heterocycles. The SMILES string of the molecule is Cc1ccccc1CC(Cl)c1cc(C)c(F)c(C)c1. The number of aryl methyl sites for hydroxylation is 3. The molecule has 0 radical (unpaired) electrons. The Bertz CT molecular complexity index is 567. The van der Waals surface area contributed by atoms with E-state index in [0.717, 1.165) is 12.0 Å². The van der Waals surface area contributed by atoms with Gasteiger partial charge in [-0.25, -0.2) is 4.39 Å². The molecule has 0 amide bonds. The van der Waals surface area contributed by atoms with Gasteiger partial charge in [-0.05, 0) is 55.0 Å². The first kappa shape index (κ1) is 14.1. The zero-order valence-corrected chi connectivity index (χ0v) is 12.3. The van der Waals surface area contributed by atoms with Crippen LogP contribution in [0.25, 0.3) is 0 Å². The monoisotopic (exact) mass is 276 g/mol. The van der Waals surface area contributed by atoms with E-state index in [1.54, 1.807) is 13.8 Å². The zero-order valence-electron chi connectivity index (χ0n) is 11.5. The first-order valence-corrected chi connectivity index (χ1v) is 6.88. The number of rotatable bonds is 3. The van der Waals surface area contributed by atoms with E-state index in [9.17, 15) is 4.39 Å². The molecule has 0 aliphatic carbocycles. The van der Waals surface area contributed by atoms with Crippen molar-refractivity contribution < 1.29 is 4.39 Å². The Morgan fingerprint density at radius 2 is 1.58 bits per heavy atom. The summed E-state index contributed by atoms with van der Waals surface area (Å²) in [6.45, 7) is 5.65. The molecule has 2 rings (SSSR count). The van der Waals surface area contributed by atoms with Gasteiger partial charge in [-0.1, -0.05) is 36.4 Å². The summed E-state index contributed by atoms with van der Waals surface area (Å²) in [6.07, 6.45) is 0.763.